The van der Waals surface area contributed by atoms with Crippen LogP contribution in [-0.4, -0.2) is 24.5 Å². The van der Waals surface area contributed by atoms with E-state index in [2.05, 4.69) is 23.1 Å². The van der Waals surface area contributed by atoms with Crippen molar-refractivity contribution >= 4 is 0 Å². The van der Waals surface area contributed by atoms with Crippen LogP contribution in [0, 0.1) is 23.2 Å². The van der Waals surface area contributed by atoms with Gasteiger partial charge in [0.05, 0.1) is 12.0 Å². The summed E-state index contributed by atoms with van der Waals surface area (Å²) in [5.74, 6) is 1.90. The maximum atomic E-state index is 9.41. The monoisotopic (exact) mass is 268 g/mol. The fourth-order valence-electron chi connectivity index (χ4n) is 3.89. The van der Waals surface area contributed by atoms with Crippen LogP contribution in [0.5, 0.6) is 0 Å². The summed E-state index contributed by atoms with van der Waals surface area (Å²) in [5, 5.41) is 9.41. The molecular formula is C18H24N2. The second-order valence-electron chi connectivity index (χ2n) is 6.53. The lowest BCUT2D eigenvalue weighted by molar-refractivity contribution is 0.247. The van der Waals surface area contributed by atoms with Crippen molar-refractivity contribution in [2.24, 2.45) is 11.8 Å². The molecule has 106 valence electrons. The van der Waals surface area contributed by atoms with Gasteiger partial charge in [-0.1, -0.05) is 30.3 Å². The Morgan fingerprint density at radius 3 is 2.20 bits per heavy atom. The van der Waals surface area contributed by atoms with E-state index in [9.17, 15) is 5.26 Å². The summed E-state index contributed by atoms with van der Waals surface area (Å²) in [7, 11) is 0. The number of rotatable bonds is 4. The first kappa shape index (κ1) is 13.6. The minimum atomic E-state index is 0.0529. The molecule has 1 saturated carbocycles. The molecule has 0 aromatic heterocycles. The lowest BCUT2D eigenvalue weighted by Crippen LogP contribution is -2.30. The van der Waals surface area contributed by atoms with E-state index < -0.39 is 0 Å². The second-order valence-corrected chi connectivity index (χ2v) is 6.53. The van der Waals surface area contributed by atoms with Gasteiger partial charge < -0.3 is 4.90 Å². The molecule has 2 saturated heterocycles. The zero-order valence-electron chi connectivity index (χ0n) is 12.2. The van der Waals surface area contributed by atoms with Crippen molar-refractivity contribution in [2.75, 3.05) is 19.6 Å². The van der Waals surface area contributed by atoms with Gasteiger partial charge in [0.15, 0.2) is 0 Å². The molecule has 0 N–H and O–H groups in total. The summed E-state index contributed by atoms with van der Waals surface area (Å²) in [4.78, 5) is 2.63. The predicted molar refractivity (Wildman–Crippen MR) is 81.3 cm³/mol. The van der Waals surface area contributed by atoms with E-state index in [-0.39, 0.29) is 5.92 Å². The van der Waals surface area contributed by atoms with Crippen LogP contribution in [0.2, 0.25) is 0 Å². The Hall–Kier alpha value is -1.33. The van der Waals surface area contributed by atoms with Gasteiger partial charge >= 0.3 is 0 Å². The highest BCUT2D eigenvalue weighted by molar-refractivity contribution is 5.24. The molecule has 2 bridgehead atoms. The zero-order valence-corrected chi connectivity index (χ0v) is 12.2. The molecular weight excluding hydrogens is 244 g/mol. The van der Waals surface area contributed by atoms with Gasteiger partial charge in [-0.05, 0) is 56.0 Å². The fourth-order valence-corrected chi connectivity index (χ4v) is 3.89. The molecule has 1 unspecified atom stereocenters. The van der Waals surface area contributed by atoms with E-state index in [0.29, 0.717) is 0 Å². The van der Waals surface area contributed by atoms with E-state index in [4.69, 9.17) is 0 Å². The number of nitriles is 1. The summed E-state index contributed by atoms with van der Waals surface area (Å²) in [6, 6.07) is 12.7. The molecule has 1 aliphatic carbocycles. The third-order valence-corrected chi connectivity index (χ3v) is 5.09. The molecule has 0 amide bonds. The molecule has 1 atom stereocenters. The Kier molecular flexibility index (Phi) is 4.38. The van der Waals surface area contributed by atoms with Crippen LogP contribution >= 0.6 is 0 Å². The third-order valence-electron chi connectivity index (χ3n) is 5.09. The Morgan fingerprint density at radius 2 is 1.65 bits per heavy atom. The molecule has 2 heteroatoms. The Morgan fingerprint density at radius 1 is 1.05 bits per heavy atom. The van der Waals surface area contributed by atoms with Gasteiger partial charge in [-0.25, -0.2) is 0 Å². The summed E-state index contributed by atoms with van der Waals surface area (Å²) >= 11 is 0. The first-order valence-corrected chi connectivity index (χ1v) is 8.02. The highest BCUT2D eigenvalue weighted by Gasteiger charge is 2.29. The Labute approximate surface area is 122 Å². The van der Waals surface area contributed by atoms with Crippen LogP contribution in [-0.2, 0) is 0 Å². The van der Waals surface area contributed by atoms with Crippen molar-refractivity contribution in [3.63, 3.8) is 0 Å². The van der Waals surface area contributed by atoms with Crippen LogP contribution in [0.25, 0.3) is 0 Å². The lowest BCUT2D eigenvalue weighted by atomic mass is 9.84. The topological polar surface area (TPSA) is 27.0 Å². The van der Waals surface area contributed by atoms with Gasteiger partial charge in [-0.15, -0.1) is 0 Å². The van der Waals surface area contributed by atoms with Crippen molar-refractivity contribution in [1.29, 1.82) is 5.26 Å². The number of hydrogen-bond donors (Lipinski definition) is 0. The van der Waals surface area contributed by atoms with Crippen LogP contribution in [0.3, 0.4) is 0 Å². The average molecular weight is 268 g/mol. The van der Waals surface area contributed by atoms with Gasteiger partial charge in [0.2, 0.25) is 0 Å². The fraction of sp³-hybridized carbons (Fsp3) is 0.611. The summed E-state index contributed by atoms with van der Waals surface area (Å²) in [6.07, 6.45) is 6.70. The molecule has 2 heterocycles. The van der Waals surface area contributed by atoms with Crippen molar-refractivity contribution < 1.29 is 0 Å². The average Bonchev–Trinajstić information content (AvgIpc) is 2.82. The van der Waals surface area contributed by atoms with Crippen molar-refractivity contribution in [3.05, 3.63) is 35.9 Å². The third kappa shape index (κ3) is 3.22. The number of hydrogen-bond acceptors (Lipinski definition) is 2. The summed E-state index contributed by atoms with van der Waals surface area (Å²) in [5.41, 5.74) is 1.17. The van der Waals surface area contributed by atoms with E-state index >= 15 is 0 Å². The van der Waals surface area contributed by atoms with Crippen LogP contribution in [0.4, 0.5) is 0 Å². The van der Waals surface area contributed by atoms with Crippen LogP contribution in [0.1, 0.15) is 43.6 Å². The lowest BCUT2D eigenvalue weighted by Gasteiger charge is -2.23. The van der Waals surface area contributed by atoms with Crippen LogP contribution in [0.15, 0.2) is 30.3 Å². The van der Waals surface area contributed by atoms with E-state index in [1.54, 1.807) is 0 Å². The smallest absolute Gasteiger partial charge is 0.0724 e. The van der Waals surface area contributed by atoms with E-state index in [1.165, 1.54) is 44.3 Å². The number of fused-ring (bicyclic) bond motifs is 4. The molecule has 3 aliphatic rings. The zero-order chi connectivity index (χ0) is 13.8. The molecule has 20 heavy (non-hydrogen) atoms. The molecule has 1 aromatic rings. The maximum Gasteiger partial charge on any atom is 0.0724 e. The van der Waals surface area contributed by atoms with Crippen LogP contribution < -0.4 is 0 Å². The standard InChI is InChI=1S/C18H24N2/c19-12-18(17-4-2-1-3-5-17)10-11-20-13-15-6-7-16(14-20)9-8-15/h1-5,15-16,18H,6-11,13-14H2. The molecule has 2 nitrogen and oxygen atoms in total. The summed E-state index contributed by atoms with van der Waals surface area (Å²) in [6.45, 7) is 3.62. The van der Waals surface area contributed by atoms with Crippen molar-refractivity contribution in [3.8, 4) is 6.07 Å². The predicted octanol–water partition coefficient (Wildman–Crippen LogP) is 3.81. The van der Waals surface area contributed by atoms with E-state index in [1.807, 2.05) is 18.2 Å². The second kappa shape index (κ2) is 6.41. The minimum absolute atomic E-state index is 0.0529. The largest absolute Gasteiger partial charge is 0.303 e. The highest BCUT2D eigenvalue weighted by Crippen LogP contribution is 2.34. The quantitative estimate of drug-likeness (QED) is 0.830. The SMILES string of the molecule is N#CC(CCN1CC2CCC(CC2)C1)c1ccccc1. The van der Waals surface area contributed by atoms with Crippen molar-refractivity contribution in [1.82, 2.24) is 4.90 Å². The molecule has 4 rings (SSSR count). The Balaban J connectivity index is 1.57. The highest BCUT2D eigenvalue weighted by atomic mass is 15.1. The number of benzene rings is 1. The summed E-state index contributed by atoms with van der Waals surface area (Å²) < 4.78 is 0. The maximum absolute atomic E-state index is 9.41. The minimum Gasteiger partial charge on any atom is -0.303 e. The van der Waals surface area contributed by atoms with Gasteiger partial charge in [0, 0.05) is 13.1 Å². The first-order chi connectivity index (χ1) is 9.85. The Bertz CT molecular complexity index is 440. The van der Waals surface area contributed by atoms with Crippen molar-refractivity contribution in [2.45, 2.75) is 38.0 Å². The van der Waals surface area contributed by atoms with Gasteiger partial charge in [0.25, 0.3) is 0 Å². The molecule has 3 fully saturated rings. The normalized spacial score (nSPS) is 27.8. The first-order valence-electron chi connectivity index (χ1n) is 8.02. The molecule has 0 radical (unpaired) electrons. The van der Waals surface area contributed by atoms with E-state index in [0.717, 1.165) is 24.8 Å². The molecule has 1 aromatic carbocycles. The number of nitrogens with zero attached hydrogens (tertiary/aromatic N) is 2. The molecule has 2 aliphatic heterocycles. The van der Waals surface area contributed by atoms with Gasteiger partial charge in [-0.2, -0.15) is 5.26 Å². The molecule has 0 spiro atoms. The van der Waals surface area contributed by atoms with Gasteiger partial charge in [-0.3, -0.25) is 0 Å². The van der Waals surface area contributed by atoms with Gasteiger partial charge in [0.1, 0.15) is 0 Å².